The Kier molecular flexibility index (Phi) is 6.13. The summed E-state index contributed by atoms with van der Waals surface area (Å²) >= 11 is 0. The van der Waals surface area contributed by atoms with Crippen molar-refractivity contribution in [3.8, 4) is 0 Å². The molecular weight excluding hydrogens is 274 g/mol. The van der Waals surface area contributed by atoms with Crippen LogP contribution in [0.25, 0.3) is 0 Å². The number of benzene rings is 1. The van der Waals surface area contributed by atoms with Gasteiger partial charge in [-0.25, -0.2) is 0 Å². The second kappa shape index (κ2) is 8.32. The topological polar surface area (TPSA) is 53.9 Å². The van der Waals surface area contributed by atoms with Gasteiger partial charge in [0.25, 0.3) is 0 Å². The van der Waals surface area contributed by atoms with Gasteiger partial charge in [0, 0.05) is 19.6 Å². The van der Waals surface area contributed by atoms with Crippen molar-refractivity contribution in [2.45, 2.75) is 33.7 Å². The number of rotatable bonds is 8. The summed E-state index contributed by atoms with van der Waals surface area (Å²) in [7, 11) is 0. The molecule has 1 N–H and O–H groups in total. The van der Waals surface area contributed by atoms with Crippen molar-refractivity contribution in [1.82, 2.24) is 15.2 Å². The molecule has 0 unspecified atom stereocenters. The highest BCUT2D eigenvalue weighted by Crippen LogP contribution is 2.13. The minimum Gasteiger partial charge on any atom is -0.369 e. The maximum absolute atomic E-state index is 4.58. The van der Waals surface area contributed by atoms with Gasteiger partial charge in [0.05, 0.1) is 6.20 Å². The summed E-state index contributed by atoms with van der Waals surface area (Å²) in [5.74, 6) is 2.13. The second-order valence-corrected chi connectivity index (χ2v) is 5.75. The SMILES string of the molecule is CCN(Cc1ccccc1)c1nncc(NCCC(C)C)n1. The van der Waals surface area contributed by atoms with E-state index in [4.69, 9.17) is 0 Å². The number of hydrogen-bond acceptors (Lipinski definition) is 5. The molecule has 1 heterocycles. The van der Waals surface area contributed by atoms with Crippen LogP contribution in [-0.4, -0.2) is 28.3 Å². The van der Waals surface area contributed by atoms with E-state index in [1.807, 2.05) is 18.2 Å². The zero-order valence-electron chi connectivity index (χ0n) is 13.7. The van der Waals surface area contributed by atoms with Crippen molar-refractivity contribution in [2.24, 2.45) is 5.92 Å². The van der Waals surface area contributed by atoms with Crippen LogP contribution in [0.4, 0.5) is 11.8 Å². The third-order valence-electron chi connectivity index (χ3n) is 3.46. The molecule has 0 atom stereocenters. The van der Waals surface area contributed by atoms with E-state index in [0.29, 0.717) is 11.9 Å². The molecule has 0 aliphatic rings. The normalized spacial score (nSPS) is 10.7. The fraction of sp³-hybridized carbons (Fsp3) is 0.471. The summed E-state index contributed by atoms with van der Waals surface area (Å²) in [6.45, 7) is 9.06. The molecule has 2 aromatic rings. The first-order valence-electron chi connectivity index (χ1n) is 7.91. The van der Waals surface area contributed by atoms with Gasteiger partial charge in [0.15, 0.2) is 5.82 Å². The Morgan fingerprint density at radius 1 is 1.18 bits per heavy atom. The molecule has 118 valence electrons. The van der Waals surface area contributed by atoms with Crippen LogP contribution in [0.5, 0.6) is 0 Å². The largest absolute Gasteiger partial charge is 0.369 e. The maximum atomic E-state index is 4.58. The monoisotopic (exact) mass is 299 g/mol. The Hall–Kier alpha value is -2.17. The van der Waals surface area contributed by atoms with Crippen LogP contribution >= 0.6 is 0 Å². The standard InChI is InChI=1S/C17H25N5/c1-4-22(13-15-8-6-5-7-9-15)17-20-16(12-19-21-17)18-11-10-14(2)3/h5-9,12,14H,4,10-11,13H2,1-3H3,(H,18,20,21). The zero-order chi connectivity index (χ0) is 15.8. The molecule has 5 nitrogen and oxygen atoms in total. The van der Waals surface area contributed by atoms with E-state index in [-0.39, 0.29) is 0 Å². The van der Waals surface area contributed by atoms with Crippen molar-refractivity contribution >= 4 is 11.8 Å². The number of anilines is 2. The summed E-state index contributed by atoms with van der Waals surface area (Å²) < 4.78 is 0. The van der Waals surface area contributed by atoms with Crippen LogP contribution in [-0.2, 0) is 6.54 Å². The molecule has 0 amide bonds. The lowest BCUT2D eigenvalue weighted by molar-refractivity contribution is 0.606. The molecule has 0 fully saturated rings. The molecule has 0 saturated carbocycles. The predicted octanol–water partition coefficient (Wildman–Crippen LogP) is 3.36. The second-order valence-electron chi connectivity index (χ2n) is 5.75. The zero-order valence-corrected chi connectivity index (χ0v) is 13.7. The Bertz CT molecular complexity index is 556. The Morgan fingerprint density at radius 3 is 2.64 bits per heavy atom. The smallest absolute Gasteiger partial charge is 0.247 e. The van der Waals surface area contributed by atoms with Crippen LogP contribution in [0.3, 0.4) is 0 Å². The van der Waals surface area contributed by atoms with Crippen molar-refractivity contribution in [2.75, 3.05) is 23.3 Å². The summed E-state index contributed by atoms with van der Waals surface area (Å²) in [5, 5.41) is 11.6. The molecule has 5 heteroatoms. The number of hydrogen-bond donors (Lipinski definition) is 1. The van der Waals surface area contributed by atoms with Gasteiger partial charge in [-0.05, 0) is 24.8 Å². The minimum atomic E-state index is 0.668. The van der Waals surface area contributed by atoms with Crippen LogP contribution in [0.1, 0.15) is 32.8 Å². The van der Waals surface area contributed by atoms with Gasteiger partial charge in [0.2, 0.25) is 5.95 Å². The van der Waals surface area contributed by atoms with E-state index < -0.39 is 0 Å². The lowest BCUT2D eigenvalue weighted by Crippen LogP contribution is -2.25. The molecule has 0 bridgehead atoms. The van der Waals surface area contributed by atoms with Crippen LogP contribution in [0.2, 0.25) is 0 Å². The Morgan fingerprint density at radius 2 is 1.95 bits per heavy atom. The van der Waals surface area contributed by atoms with Crippen molar-refractivity contribution in [3.63, 3.8) is 0 Å². The quantitative estimate of drug-likeness (QED) is 0.810. The first-order valence-corrected chi connectivity index (χ1v) is 7.91. The molecule has 0 saturated heterocycles. The molecule has 1 aromatic heterocycles. The molecule has 0 spiro atoms. The highest BCUT2D eigenvalue weighted by atomic mass is 15.3. The molecule has 0 aliphatic carbocycles. The van der Waals surface area contributed by atoms with E-state index in [9.17, 15) is 0 Å². The van der Waals surface area contributed by atoms with Crippen LogP contribution in [0.15, 0.2) is 36.5 Å². The van der Waals surface area contributed by atoms with Crippen molar-refractivity contribution < 1.29 is 0 Å². The third kappa shape index (κ3) is 4.98. The predicted molar refractivity (Wildman–Crippen MR) is 90.9 cm³/mol. The summed E-state index contributed by atoms with van der Waals surface area (Å²) in [6.07, 6.45) is 2.79. The first-order chi connectivity index (χ1) is 10.7. The van der Waals surface area contributed by atoms with E-state index in [1.54, 1.807) is 6.20 Å². The molecule has 0 radical (unpaired) electrons. The summed E-state index contributed by atoms with van der Waals surface area (Å²) in [4.78, 5) is 6.70. The van der Waals surface area contributed by atoms with E-state index in [2.05, 4.69) is 58.3 Å². The summed E-state index contributed by atoms with van der Waals surface area (Å²) in [6, 6.07) is 10.3. The number of nitrogens with one attached hydrogen (secondary N) is 1. The van der Waals surface area contributed by atoms with Crippen LogP contribution < -0.4 is 10.2 Å². The number of nitrogens with zero attached hydrogens (tertiary/aromatic N) is 4. The number of aromatic nitrogens is 3. The molecule has 22 heavy (non-hydrogen) atoms. The van der Waals surface area contributed by atoms with Gasteiger partial charge in [-0.1, -0.05) is 44.2 Å². The van der Waals surface area contributed by atoms with Gasteiger partial charge in [0.1, 0.15) is 0 Å². The van der Waals surface area contributed by atoms with Crippen molar-refractivity contribution in [3.05, 3.63) is 42.1 Å². The summed E-state index contributed by atoms with van der Waals surface area (Å²) in [5.41, 5.74) is 1.24. The van der Waals surface area contributed by atoms with Gasteiger partial charge in [-0.3, -0.25) is 0 Å². The van der Waals surface area contributed by atoms with Gasteiger partial charge in [-0.15, -0.1) is 5.10 Å². The lowest BCUT2D eigenvalue weighted by Gasteiger charge is -2.20. The van der Waals surface area contributed by atoms with E-state index >= 15 is 0 Å². The Labute approximate surface area is 132 Å². The Balaban J connectivity index is 2.02. The van der Waals surface area contributed by atoms with E-state index in [0.717, 1.165) is 31.9 Å². The third-order valence-corrected chi connectivity index (χ3v) is 3.46. The fourth-order valence-corrected chi connectivity index (χ4v) is 2.13. The van der Waals surface area contributed by atoms with Gasteiger partial charge >= 0.3 is 0 Å². The van der Waals surface area contributed by atoms with Crippen molar-refractivity contribution in [1.29, 1.82) is 0 Å². The molecular formula is C17H25N5. The fourth-order valence-electron chi connectivity index (χ4n) is 2.13. The first kappa shape index (κ1) is 16.2. The molecule has 1 aromatic carbocycles. The average molecular weight is 299 g/mol. The van der Waals surface area contributed by atoms with Gasteiger partial charge < -0.3 is 10.2 Å². The average Bonchev–Trinajstić information content (AvgIpc) is 2.53. The molecule has 0 aliphatic heterocycles. The lowest BCUT2D eigenvalue weighted by atomic mass is 10.1. The highest BCUT2D eigenvalue weighted by Gasteiger charge is 2.10. The van der Waals surface area contributed by atoms with Gasteiger partial charge in [-0.2, -0.15) is 10.1 Å². The minimum absolute atomic E-state index is 0.668. The van der Waals surface area contributed by atoms with E-state index in [1.165, 1.54) is 5.56 Å². The maximum Gasteiger partial charge on any atom is 0.247 e. The molecule has 2 rings (SSSR count). The highest BCUT2D eigenvalue weighted by molar-refractivity contribution is 5.39. The van der Waals surface area contributed by atoms with Crippen LogP contribution in [0, 0.1) is 5.92 Å².